The van der Waals surface area contributed by atoms with Crippen LogP contribution in [0.2, 0.25) is 0 Å². The maximum absolute atomic E-state index is 4.44. The number of nitrogens with zero attached hydrogens (tertiary/aromatic N) is 2. The van der Waals surface area contributed by atoms with Crippen LogP contribution in [0.25, 0.3) is 0 Å². The summed E-state index contributed by atoms with van der Waals surface area (Å²) in [7, 11) is 0. The molecular formula is C18H25N3. The summed E-state index contributed by atoms with van der Waals surface area (Å²) in [4.78, 5) is 6.81. The van der Waals surface area contributed by atoms with E-state index < -0.39 is 0 Å². The Bertz CT molecular complexity index is 537. The van der Waals surface area contributed by atoms with Gasteiger partial charge in [-0.2, -0.15) is 0 Å². The number of aromatic nitrogens is 1. The van der Waals surface area contributed by atoms with Gasteiger partial charge < -0.3 is 10.2 Å². The molecule has 0 amide bonds. The SMILES string of the molecule is CCN(Cc1ccccn1)c1ccccc1CNC(C)C. The maximum atomic E-state index is 4.44. The van der Waals surface area contributed by atoms with Crippen molar-refractivity contribution in [3.05, 3.63) is 59.9 Å². The summed E-state index contributed by atoms with van der Waals surface area (Å²) in [5.74, 6) is 0. The van der Waals surface area contributed by atoms with E-state index in [2.05, 4.69) is 66.3 Å². The lowest BCUT2D eigenvalue weighted by Crippen LogP contribution is -2.27. The first-order chi connectivity index (χ1) is 10.2. The molecule has 0 saturated carbocycles. The molecule has 112 valence electrons. The Labute approximate surface area is 128 Å². The predicted molar refractivity (Wildman–Crippen MR) is 89.4 cm³/mol. The van der Waals surface area contributed by atoms with Crippen molar-refractivity contribution in [2.24, 2.45) is 0 Å². The van der Waals surface area contributed by atoms with Crippen molar-refractivity contribution in [2.45, 2.75) is 39.9 Å². The van der Waals surface area contributed by atoms with Crippen LogP contribution in [0.4, 0.5) is 5.69 Å². The van der Waals surface area contributed by atoms with E-state index in [0.717, 1.165) is 25.3 Å². The van der Waals surface area contributed by atoms with Crippen molar-refractivity contribution < 1.29 is 0 Å². The molecule has 2 rings (SSSR count). The van der Waals surface area contributed by atoms with Crippen molar-refractivity contribution in [1.29, 1.82) is 0 Å². The molecule has 0 fully saturated rings. The van der Waals surface area contributed by atoms with Crippen LogP contribution in [0.15, 0.2) is 48.7 Å². The number of benzene rings is 1. The average Bonchev–Trinajstić information content (AvgIpc) is 2.52. The minimum atomic E-state index is 0.490. The minimum Gasteiger partial charge on any atom is -0.366 e. The first kappa shape index (κ1) is 15.5. The molecule has 0 radical (unpaired) electrons. The molecule has 21 heavy (non-hydrogen) atoms. The molecule has 3 nitrogen and oxygen atoms in total. The fourth-order valence-corrected chi connectivity index (χ4v) is 2.34. The summed E-state index contributed by atoms with van der Waals surface area (Å²) in [5.41, 5.74) is 3.73. The highest BCUT2D eigenvalue weighted by Crippen LogP contribution is 2.22. The molecular weight excluding hydrogens is 258 g/mol. The molecule has 0 aliphatic heterocycles. The number of rotatable bonds is 7. The van der Waals surface area contributed by atoms with Crippen molar-refractivity contribution >= 4 is 5.69 Å². The van der Waals surface area contributed by atoms with Gasteiger partial charge >= 0.3 is 0 Å². The summed E-state index contributed by atoms with van der Waals surface area (Å²) < 4.78 is 0. The van der Waals surface area contributed by atoms with E-state index in [1.165, 1.54) is 11.3 Å². The van der Waals surface area contributed by atoms with Crippen LogP contribution in [-0.4, -0.2) is 17.6 Å². The first-order valence-electron chi connectivity index (χ1n) is 7.67. The van der Waals surface area contributed by atoms with Crippen LogP contribution in [0.1, 0.15) is 32.0 Å². The van der Waals surface area contributed by atoms with Crippen LogP contribution >= 0.6 is 0 Å². The maximum Gasteiger partial charge on any atom is 0.0602 e. The fourth-order valence-electron chi connectivity index (χ4n) is 2.34. The molecule has 1 aromatic carbocycles. The second-order valence-corrected chi connectivity index (χ2v) is 5.50. The van der Waals surface area contributed by atoms with Gasteiger partial charge in [0.2, 0.25) is 0 Å². The van der Waals surface area contributed by atoms with Gasteiger partial charge in [0.05, 0.1) is 12.2 Å². The smallest absolute Gasteiger partial charge is 0.0602 e. The minimum absolute atomic E-state index is 0.490. The molecule has 0 aliphatic carbocycles. The van der Waals surface area contributed by atoms with Crippen LogP contribution in [0.3, 0.4) is 0 Å². The molecule has 1 heterocycles. The number of para-hydroxylation sites is 1. The van der Waals surface area contributed by atoms with Gasteiger partial charge in [0, 0.05) is 31.0 Å². The lowest BCUT2D eigenvalue weighted by atomic mass is 10.1. The molecule has 0 aliphatic rings. The summed E-state index contributed by atoms with van der Waals surface area (Å²) in [6, 6.07) is 15.2. The number of nitrogens with one attached hydrogen (secondary N) is 1. The van der Waals surface area contributed by atoms with Crippen LogP contribution in [-0.2, 0) is 13.1 Å². The number of anilines is 1. The van der Waals surface area contributed by atoms with Crippen molar-refractivity contribution in [3.63, 3.8) is 0 Å². The lowest BCUT2D eigenvalue weighted by Gasteiger charge is -2.26. The largest absolute Gasteiger partial charge is 0.366 e. The van der Waals surface area contributed by atoms with Gasteiger partial charge in [0.1, 0.15) is 0 Å². The van der Waals surface area contributed by atoms with Crippen LogP contribution in [0, 0.1) is 0 Å². The molecule has 1 aromatic heterocycles. The van der Waals surface area contributed by atoms with Gasteiger partial charge in [-0.1, -0.05) is 38.1 Å². The third kappa shape index (κ3) is 4.57. The highest BCUT2D eigenvalue weighted by Gasteiger charge is 2.10. The number of hydrogen-bond acceptors (Lipinski definition) is 3. The van der Waals surface area contributed by atoms with E-state index in [4.69, 9.17) is 0 Å². The molecule has 0 bridgehead atoms. The van der Waals surface area contributed by atoms with Gasteiger partial charge in [0.25, 0.3) is 0 Å². The summed E-state index contributed by atoms with van der Waals surface area (Å²) >= 11 is 0. The lowest BCUT2D eigenvalue weighted by molar-refractivity contribution is 0.587. The Morgan fingerprint density at radius 2 is 1.86 bits per heavy atom. The van der Waals surface area contributed by atoms with Crippen LogP contribution in [0.5, 0.6) is 0 Å². The van der Waals surface area contributed by atoms with Gasteiger partial charge in [0.15, 0.2) is 0 Å². The van der Waals surface area contributed by atoms with E-state index in [9.17, 15) is 0 Å². The van der Waals surface area contributed by atoms with E-state index >= 15 is 0 Å². The van der Waals surface area contributed by atoms with Gasteiger partial charge in [-0.25, -0.2) is 0 Å². The highest BCUT2D eigenvalue weighted by molar-refractivity contribution is 5.53. The summed E-state index contributed by atoms with van der Waals surface area (Å²) in [6.45, 7) is 9.25. The molecule has 0 unspecified atom stereocenters. The van der Waals surface area contributed by atoms with E-state index in [1.54, 1.807) is 0 Å². The van der Waals surface area contributed by atoms with Gasteiger partial charge in [-0.15, -0.1) is 0 Å². The highest BCUT2D eigenvalue weighted by atomic mass is 15.1. The van der Waals surface area contributed by atoms with Crippen LogP contribution < -0.4 is 10.2 Å². The zero-order valence-electron chi connectivity index (χ0n) is 13.2. The molecule has 0 saturated heterocycles. The number of hydrogen-bond donors (Lipinski definition) is 1. The zero-order chi connectivity index (χ0) is 15.1. The molecule has 0 spiro atoms. The second-order valence-electron chi connectivity index (χ2n) is 5.50. The Morgan fingerprint density at radius 1 is 1.10 bits per heavy atom. The standard InChI is InChI=1S/C18H25N3/c1-4-21(14-17-10-7-8-12-19-17)18-11-6-5-9-16(18)13-20-15(2)3/h5-12,15,20H,4,13-14H2,1-3H3. The van der Waals surface area contributed by atoms with Gasteiger partial charge in [-0.05, 0) is 30.7 Å². The van der Waals surface area contributed by atoms with Crippen molar-refractivity contribution in [3.8, 4) is 0 Å². The fraction of sp³-hybridized carbons (Fsp3) is 0.389. The Balaban J connectivity index is 2.17. The Morgan fingerprint density at radius 3 is 2.52 bits per heavy atom. The average molecular weight is 283 g/mol. The van der Waals surface area contributed by atoms with Crippen molar-refractivity contribution in [1.82, 2.24) is 10.3 Å². The quantitative estimate of drug-likeness (QED) is 0.841. The molecule has 0 atom stereocenters. The van der Waals surface area contributed by atoms with E-state index in [-0.39, 0.29) is 0 Å². The Kier molecular flexibility index (Phi) is 5.76. The summed E-state index contributed by atoms with van der Waals surface area (Å²) in [5, 5.41) is 3.50. The Hall–Kier alpha value is -1.87. The predicted octanol–water partition coefficient (Wildman–Crippen LogP) is 3.61. The normalized spacial score (nSPS) is 10.9. The third-order valence-corrected chi connectivity index (χ3v) is 3.49. The summed E-state index contributed by atoms with van der Waals surface area (Å²) in [6.07, 6.45) is 1.86. The monoisotopic (exact) mass is 283 g/mol. The third-order valence-electron chi connectivity index (χ3n) is 3.49. The molecule has 3 heteroatoms. The topological polar surface area (TPSA) is 28.2 Å². The first-order valence-corrected chi connectivity index (χ1v) is 7.67. The van der Waals surface area contributed by atoms with Gasteiger partial charge in [-0.3, -0.25) is 4.98 Å². The van der Waals surface area contributed by atoms with E-state index in [0.29, 0.717) is 6.04 Å². The molecule has 1 N–H and O–H groups in total. The van der Waals surface area contributed by atoms with Crippen molar-refractivity contribution in [2.75, 3.05) is 11.4 Å². The second kappa shape index (κ2) is 7.79. The van der Waals surface area contributed by atoms with E-state index in [1.807, 2.05) is 18.3 Å². The number of pyridine rings is 1. The molecule has 2 aromatic rings. The zero-order valence-corrected chi connectivity index (χ0v) is 13.2.